The van der Waals surface area contributed by atoms with Gasteiger partial charge in [-0.1, -0.05) is 28.1 Å². The average Bonchev–Trinajstić information content (AvgIpc) is 2.70. The molecule has 0 aliphatic carbocycles. The van der Waals surface area contributed by atoms with Crippen LogP contribution < -0.4 is 14.8 Å². The Bertz CT molecular complexity index is 1150. The predicted octanol–water partition coefficient (Wildman–Crippen LogP) is 4.65. The molecule has 29 heavy (non-hydrogen) atoms. The van der Waals surface area contributed by atoms with E-state index in [0.29, 0.717) is 5.69 Å². The van der Waals surface area contributed by atoms with Crippen LogP contribution in [0.2, 0.25) is 0 Å². The number of hydrogen-bond donors (Lipinski definition) is 2. The summed E-state index contributed by atoms with van der Waals surface area (Å²) in [6.07, 6.45) is 0. The van der Waals surface area contributed by atoms with Crippen molar-refractivity contribution >= 4 is 43.2 Å². The third-order valence-electron chi connectivity index (χ3n) is 3.93. The molecule has 9 heteroatoms. The van der Waals surface area contributed by atoms with Gasteiger partial charge in [0, 0.05) is 15.8 Å². The normalized spacial score (nSPS) is 11.0. The number of nitrogens with one attached hydrogen (secondary N) is 2. The maximum Gasteiger partial charge on any atom is 0.265 e. The first kappa shape index (κ1) is 20.8. The number of anilines is 2. The van der Waals surface area contributed by atoms with E-state index in [1.54, 1.807) is 24.3 Å². The summed E-state index contributed by atoms with van der Waals surface area (Å²) in [4.78, 5) is 12.1. The highest BCUT2D eigenvalue weighted by atomic mass is 79.9. The van der Waals surface area contributed by atoms with E-state index in [-0.39, 0.29) is 21.9 Å². The second-order valence-corrected chi connectivity index (χ2v) is 8.48. The highest BCUT2D eigenvalue weighted by Crippen LogP contribution is 2.29. The zero-order valence-electron chi connectivity index (χ0n) is 15.1. The number of carbonyl (C=O) groups excluding carboxylic acids is 1. The third-order valence-corrected chi connectivity index (χ3v) is 5.86. The summed E-state index contributed by atoms with van der Waals surface area (Å²) in [7, 11) is -2.68. The number of rotatable bonds is 6. The molecule has 150 valence electrons. The lowest BCUT2D eigenvalue weighted by atomic mass is 10.2. The Balaban J connectivity index is 1.91. The van der Waals surface area contributed by atoms with Gasteiger partial charge in [0.2, 0.25) is 0 Å². The smallest absolute Gasteiger partial charge is 0.265 e. The van der Waals surface area contributed by atoms with Crippen LogP contribution in [0.1, 0.15) is 10.4 Å². The molecule has 0 unspecified atom stereocenters. The molecular weight excluding hydrogens is 463 g/mol. The van der Waals surface area contributed by atoms with Crippen LogP contribution in [0.5, 0.6) is 5.75 Å². The van der Waals surface area contributed by atoms with Gasteiger partial charge in [0.05, 0.1) is 12.7 Å². The molecular formula is C20H16BrFN2O4S. The molecule has 0 aliphatic rings. The molecule has 3 aromatic carbocycles. The van der Waals surface area contributed by atoms with Crippen LogP contribution in [-0.4, -0.2) is 21.4 Å². The van der Waals surface area contributed by atoms with Gasteiger partial charge in [-0.05, 0) is 54.6 Å². The molecule has 0 heterocycles. The summed E-state index contributed by atoms with van der Waals surface area (Å²) < 4.78 is 47.9. The first-order valence-electron chi connectivity index (χ1n) is 8.32. The molecule has 0 fully saturated rings. The minimum atomic E-state index is -4.02. The summed E-state index contributed by atoms with van der Waals surface area (Å²) in [5, 5.41) is 2.50. The Kier molecular flexibility index (Phi) is 6.19. The predicted molar refractivity (Wildman–Crippen MR) is 112 cm³/mol. The van der Waals surface area contributed by atoms with Crippen molar-refractivity contribution in [2.75, 3.05) is 17.1 Å². The summed E-state index contributed by atoms with van der Waals surface area (Å²) >= 11 is 3.29. The molecule has 0 radical (unpaired) electrons. The van der Waals surface area contributed by atoms with Crippen LogP contribution >= 0.6 is 15.9 Å². The molecule has 0 spiro atoms. The van der Waals surface area contributed by atoms with E-state index in [9.17, 15) is 17.6 Å². The lowest BCUT2D eigenvalue weighted by molar-refractivity contribution is 0.102. The summed E-state index contributed by atoms with van der Waals surface area (Å²) in [5.74, 6) is -1.28. The topological polar surface area (TPSA) is 84.5 Å². The van der Waals surface area contributed by atoms with Gasteiger partial charge in [-0.3, -0.25) is 9.52 Å². The van der Waals surface area contributed by atoms with Gasteiger partial charge in [-0.2, -0.15) is 0 Å². The van der Waals surface area contributed by atoms with E-state index in [2.05, 4.69) is 26.0 Å². The number of amides is 1. The molecule has 1 amide bonds. The van der Waals surface area contributed by atoms with Crippen molar-refractivity contribution in [3.05, 3.63) is 82.6 Å². The molecule has 3 aromatic rings. The zero-order chi connectivity index (χ0) is 21.0. The minimum absolute atomic E-state index is 0.0958. The van der Waals surface area contributed by atoms with Gasteiger partial charge in [0.25, 0.3) is 15.9 Å². The Morgan fingerprint density at radius 1 is 1.00 bits per heavy atom. The van der Waals surface area contributed by atoms with Gasteiger partial charge in [0.15, 0.2) is 0 Å². The van der Waals surface area contributed by atoms with Crippen molar-refractivity contribution in [1.29, 1.82) is 0 Å². The Morgan fingerprint density at radius 2 is 1.66 bits per heavy atom. The quantitative estimate of drug-likeness (QED) is 0.539. The summed E-state index contributed by atoms with van der Waals surface area (Å²) in [6, 6.07) is 16.2. The van der Waals surface area contributed by atoms with Gasteiger partial charge in [-0.25, -0.2) is 12.8 Å². The molecule has 3 rings (SSSR count). The molecule has 0 saturated carbocycles. The van der Waals surface area contributed by atoms with Crippen molar-refractivity contribution in [3.63, 3.8) is 0 Å². The molecule has 0 aliphatic heterocycles. The van der Waals surface area contributed by atoms with Crippen LogP contribution in [0, 0.1) is 5.82 Å². The highest BCUT2D eigenvalue weighted by Gasteiger charge is 2.21. The van der Waals surface area contributed by atoms with Crippen molar-refractivity contribution < 1.29 is 22.3 Å². The Hall–Kier alpha value is -2.91. The van der Waals surface area contributed by atoms with E-state index in [4.69, 9.17) is 4.74 Å². The number of methoxy groups -OCH3 is 1. The first-order valence-corrected chi connectivity index (χ1v) is 10.6. The fourth-order valence-electron chi connectivity index (χ4n) is 2.54. The maximum absolute atomic E-state index is 13.8. The van der Waals surface area contributed by atoms with E-state index >= 15 is 0 Å². The van der Waals surface area contributed by atoms with Crippen LogP contribution in [0.4, 0.5) is 15.8 Å². The van der Waals surface area contributed by atoms with E-state index in [1.165, 1.54) is 49.6 Å². The molecule has 2 N–H and O–H groups in total. The minimum Gasteiger partial charge on any atom is -0.495 e. The number of carbonyl (C=O) groups is 1. The van der Waals surface area contributed by atoms with Crippen molar-refractivity contribution in [3.8, 4) is 5.75 Å². The standard InChI is InChI=1S/C20H16BrFN2O4S/c1-28-18-11-10-15(23-20(25)16-4-2-3-5-17(16)22)12-19(18)29(26,27)24-14-8-6-13(21)7-9-14/h2-12,24H,1H3,(H,23,25). The molecule has 0 saturated heterocycles. The fourth-order valence-corrected chi connectivity index (χ4v) is 4.06. The van der Waals surface area contributed by atoms with Crippen molar-refractivity contribution in [1.82, 2.24) is 0 Å². The second kappa shape index (κ2) is 8.62. The van der Waals surface area contributed by atoms with Gasteiger partial charge < -0.3 is 10.1 Å². The Morgan fingerprint density at radius 3 is 2.31 bits per heavy atom. The first-order chi connectivity index (χ1) is 13.8. The lowest BCUT2D eigenvalue weighted by Gasteiger charge is -2.14. The van der Waals surface area contributed by atoms with Crippen LogP contribution in [0.25, 0.3) is 0 Å². The highest BCUT2D eigenvalue weighted by molar-refractivity contribution is 9.10. The summed E-state index contributed by atoms with van der Waals surface area (Å²) in [5.41, 5.74) is 0.381. The number of benzene rings is 3. The van der Waals surface area contributed by atoms with E-state index < -0.39 is 21.7 Å². The summed E-state index contributed by atoms with van der Waals surface area (Å²) in [6.45, 7) is 0. The second-order valence-electron chi connectivity index (χ2n) is 5.91. The number of ether oxygens (including phenoxy) is 1. The van der Waals surface area contributed by atoms with Crippen LogP contribution in [0.15, 0.2) is 76.1 Å². The number of sulfonamides is 1. The monoisotopic (exact) mass is 478 g/mol. The van der Waals surface area contributed by atoms with Gasteiger partial charge in [0.1, 0.15) is 16.5 Å². The van der Waals surface area contributed by atoms with E-state index in [1.807, 2.05) is 0 Å². The number of hydrogen-bond acceptors (Lipinski definition) is 4. The molecule has 0 bridgehead atoms. The molecule has 0 atom stereocenters. The largest absolute Gasteiger partial charge is 0.495 e. The molecule has 0 aromatic heterocycles. The lowest BCUT2D eigenvalue weighted by Crippen LogP contribution is -2.16. The van der Waals surface area contributed by atoms with Gasteiger partial charge >= 0.3 is 0 Å². The average molecular weight is 479 g/mol. The SMILES string of the molecule is COc1ccc(NC(=O)c2ccccc2F)cc1S(=O)(=O)Nc1ccc(Br)cc1. The maximum atomic E-state index is 13.8. The van der Waals surface area contributed by atoms with Crippen LogP contribution in [-0.2, 0) is 10.0 Å². The molecule has 6 nitrogen and oxygen atoms in total. The number of halogens is 2. The van der Waals surface area contributed by atoms with Crippen LogP contribution in [0.3, 0.4) is 0 Å². The zero-order valence-corrected chi connectivity index (χ0v) is 17.6. The Labute approximate surface area is 175 Å². The van der Waals surface area contributed by atoms with Gasteiger partial charge in [-0.15, -0.1) is 0 Å². The third kappa shape index (κ3) is 4.93. The van der Waals surface area contributed by atoms with Crippen molar-refractivity contribution in [2.24, 2.45) is 0 Å². The fraction of sp³-hybridized carbons (Fsp3) is 0.0500. The van der Waals surface area contributed by atoms with E-state index in [0.717, 1.165) is 4.47 Å². The van der Waals surface area contributed by atoms with Crippen molar-refractivity contribution in [2.45, 2.75) is 4.90 Å².